The van der Waals surface area contributed by atoms with Gasteiger partial charge in [-0.05, 0) is 73.0 Å². The Morgan fingerprint density at radius 3 is 2.57 bits per heavy atom. The molecule has 0 aromatic heterocycles. The summed E-state index contributed by atoms with van der Waals surface area (Å²) in [6.07, 6.45) is 12.3. The Balaban J connectivity index is 1.67. The zero-order valence-electron chi connectivity index (χ0n) is 13.5. The highest BCUT2D eigenvalue weighted by atomic mass is 127. The summed E-state index contributed by atoms with van der Waals surface area (Å²) < 4.78 is 0.290. The molecule has 1 nitrogen and oxygen atoms in total. The number of hydrogen-bond donors (Lipinski definition) is 0. The molecule has 4 aliphatic rings. The summed E-state index contributed by atoms with van der Waals surface area (Å²) in [6, 6.07) is 0. The number of halogens is 1. The van der Waals surface area contributed by atoms with Crippen LogP contribution in [-0.2, 0) is 4.79 Å². The van der Waals surface area contributed by atoms with Crippen molar-refractivity contribution in [3.8, 4) is 0 Å². The van der Waals surface area contributed by atoms with E-state index in [2.05, 4.69) is 36.4 Å². The van der Waals surface area contributed by atoms with E-state index in [4.69, 9.17) is 0 Å². The van der Waals surface area contributed by atoms with E-state index in [1.807, 2.05) is 0 Å². The fourth-order valence-electron chi connectivity index (χ4n) is 7.03. The van der Waals surface area contributed by atoms with Crippen LogP contribution in [0, 0.1) is 34.5 Å². The molecule has 118 valence electrons. The van der Waals surface area contributed by atoms with E-state index >= 15 is 0 Å². The van der Waals surface area contributed by atoms with Crippen LogP contribution in [0.15, 0.2) is 0 Å². The van der Waals surface area contributed by atoms with Gasteiger partial charge in [0.15, 0.2) is 0 Å². The number of Topliss-reactive ketones (excluding diaryl/α,β-unsaturated/α-hetero) is 1. The van der Waals surface area contributed by atoms with Crippen LogP contribution in [0.25, 0.3) is 0 Å². The predicted octanol–water partition coefficient (Wildman–Crippen LogP) is 5.40. The number of hydrogen-bond acceptors (Lipinski definition) is 1. The van der Waals surface area contributed by atoms with Gasteiger partial charge < -0.3 is 0 Å². The molecule has 0 radical (unpaired) electrons. The zero-order valence-corrected chi connectivity index (χ0v) is 15.7. The third-order valence-electron chi connectivity index (χ3n) is 8.30. The Morgan fingerprint density at radius 1 is 0.952 bits per heavy atom. The first-order valence-electron chi connectivity index (χ1n) is 9.13. The average molecular weight is 400 g/mol. The molecule has 0 bridgehead atoms. The molecule has 2 heteroatoms. The third kappa shape index (κ3) is 1.96. The second-order valence-electron chi connectivity index (χ2n) is 8.98. The standard InChI is InChI=1S/C19H29IO/c1-18-9-4-3-5-12(18)6-7-13-14(18)8-10-19(2)15(13)11-16(21)17(19)20/h12-15,17H,3-11H2,1-2H3/t12?,13-,14+,15+,17-,18+,19+/m1/s1. The molecule has 0 saturated heterocycles. The molecule has 4 rings (SSSR count). The van der Waals surface area contributed by atoms with Crippen molar-refractivity contribution in [2.45, 2.75) is 75.6 Å². The van der Waals surface area contributed by atoms with Crippen LogP contribution in [0.3, 0.4) is 0 Å². The molecule has 4 fully saturated rings. The van der Waals surface area contributed by atoms with Crippen molar-refractivity contribution in [1.82, 2.24) is 0 Å². The SMILES string of the molecule is C[C@]12CC[C@H]3[C@@H](CCC4CCCC[C@@]43C)[C@@H]1CC(=O)[C@H]2I. The van der Waals surface area contributed by atoms with E-state index in [0.717, 1.165) is 24.2 Å². The Bertz CT molecular complexity index is 460. The van der Waals surface area contributed by atoms with Gasteiger partial charge in [-0.25, -0.2) is 0 Å². The van der Waals surface area contributed by atoms with E-state index in [1.54, 1.807) is 0 Å². The first kappa shape index (κ1) is 15.0. The molecule has 0 spiro atoms. The maximum absolute atomic E-state index is 12.4. The molecule has 0 aromatic rings. The Hall–Kier alpha value is 0.400. The zero-order chi connectivity index (χ0) is 14.8. The third-order valence-corrected chi connectivity index (χ3v) is 10.4. The normalized spacial score (nSPS) is 56.5. The second kappa shape index (κ2) is 4.95. The van der Waals surface area contributed by atoms with Gasteiger partial charge in [0.2, 0.25) is 0 Å². The largest absolute Gasteiger partial charge is 0.298 e. The van der Waals surface area contributed by atoms with E-state index < -0.39 is 0 Å². The van der Waals surface area contributed by atoms with Crippen LogP contribution in [0.2, 0.25) is 0 Å². The maximum Gasteiger partial charge on any atom is 0.146 e. The van der Waals surface area contributed by atoms with Crippen molar-refractivity contribution in [2.75, 3.05) is 0 Å². The molecule has 0 aliphatic heterocycles. The number of fused-ring (bicyclic) bond motifs is 5. The lowest BCUT2D eigenvalue weighted by Gasteiger charge is -2.60. The van der Waals surface area contributed by atoms with Gasteiger partial charge in [0, 0.05) is 6.42 Å². The van der Waals surface area contributed by atoms with E-state index in [1.165, 1.54) is 51.4 Å². The minimum atomic E-state index is 0.290. The monoisotopic (exact) mass is 400 g/mol. The Morgan fingerprint density at radius 2 is 1.76 bits per heavy atom. The molecular formula is C19H29IO. The maximum atomic E-state index is 12.4. The highest BCUT2D eigenvalue weighted by Crippen LogP contribution is 2.66. The van der Waals surface area contributed by atoms with Crippen LogP contribution in [0.5, 0.6) is 0 Å². The molecule has 4 saturated carbocycles. The molecule has 4 aliphatic carbocycles. The summed E-state index contributed by atoms with van der Waals surface area (Å²) in [5, 5.41) is 0. The van der Waals surface area contributed by atoms with Crippen molar-refractivity contribution in [1.29, 1.82) is 0 Å². The average Bonchev–Trinajstić information content (AvgIpc) is 2.70. The number of alkyl halides is 1. The minimum Gasteiger partial charge on any atom is -0.298 e. The molecule has 1 unspecified atom stereocenters. The van der Waals surface area contributed by atoms with Crippen LogP contribution < -0.4 is 0 Å². The van der Waals surface area contributed by atoms with E-state index in [-0.39, 0.29) is 3.92 Å². The van der Waals surface area contributed by atoms with Crippen LogP contribution in [-0.4, -0.2) is 9.71 Å². The number of carbonyl (C=O) groups is 1. The first-order chi connectivity index (χ1) is 9.97. The molecule has 7 atom stereocenters. The summed E-state index contributed by atoms with van der Waals surface area (Å²) >= 11 is 2.46. The smallest absolute Gasteiger partial charge is 0.146 e. The predicted molar refractivity (Wildman–Crippen MR) is 94.5 cm³/mol. The minimum absolute atomic E-state index is 0.290. The van der Waals surface area contributed by atoms with E-state index in [0.29, 0.717) is 22.5 Å². The summed E-state index contributed by atoms with van der Waals surface area (Å²) in [7, 11) is 0. The fourth-order valence-corrected chi connectivity index (χ4v) is 8.06. The van der Waals surface area contributed by atoms with Crippen molar-refractivity contribution in [3.63, 3.8) is 0 Å². The quantitative estimate of drug-likeness (QED) is 0.393. The summed E-state index contributed by atoms with van der Waals surface area (Å²) in [5.41, 5.74) is 0.922. The Kier molecular flexibility index (Phi) is 3.52. The van der Waals surface area contributed by atoms with Crippen LogP contribution in [0.4, 0.5) is 0 Å². The van der Waals surface area contributed by atoms with Gasteiger partial charge in [-0.3, -0.25) is 4.79 Å². The topological polar surface area (TPSA) is 17.1 Å². The summed E-state index contributed by atoms with van der Waals surface area (Å²) in [5.74, 6) is 4.02. The molecule has 0 heterocycles. The lowest BCUT2D eigenvalue weighted by molar-refractivity contribution is -0.117. The lowest BCUT2D eigenvalue weighted by atomic mass is 9.45. The van der Waals surface area contributed by atoms with Crippen molar-refractivity contribution < 1.29 is 4.79 Å². The van der Waals surface area contributed by atoms with Crippen molar-refractivity contribution >= 4 is 28.4 Å². The highest BCUT2D eigenvalue weighted by Gasteiger charge is 2.61. The second-order valence-corrected chi connectivity index (χ2v) is 10.2. The van der Waals surface area contributed by atoms with E-state index in [9.17, 15) is 4.79 Å². The van der Waals surface area contributed by atoms with Gasteiger partial charge in [-0.15, -0.1) is 0 Å². The van der Waals surface area contributed by atoms with Gasteiger partial charge in [0.25, 0.3) is 0 Å². The summed E-state index contributed by atoms with van der Waals surface area (Å²) in [4.78, 5) is 12.4. The summed E-state index contributed by atoms with van der Waals surface area (Å²) in [6.45, 7) is 5.06. The molecule has 0 N–H and O–H groups in total. The van der Waals surface area contributed by atoms with Gasteiger partial charge in [0.05, 0.1) is 3.92 Å². The Labute approximate surface area is 143 Å². The molecule has 21 heavy (non-hydrogen) atoms. The fraction of sp³-hybridized carbons (Fsp3) is 0.947. The number of carbonyl (C=O) groups excluding carboxylic acids is 1. The first-order valence-corrected chi connectivity index (χ1v) is 10.4. The van der Waals surface area contributed by atoms with Crippen LogP contribution >= 0.6 is 22.6 Å². The van der Waals surface area contributed by atoms with Gasteiger partial charge in [-0.2, -0.15) is 0 Å². The number of rotatable bonds is 0. The van der Waals surface area contributed by atoms with Crippen molar-refractivity contribution in [2.24, 2.45) is 34.5 Å². The molecule has 0 aromatic carbocycles. The van der Waals surface area contributed by atoms with Gasteiger partial charge in [-0.1, -0.05) is 49.3 Å². The molecular weight excluding hydrogens is 371 g/mol. The van der Waals surface area contributed by atoms with Crippen LogP contribution in [0.1, 0.15) is 71.6 Å². The van der Waals surface area contributed by atoms with Gasteiger partial charge in [0.1, 0.15) is 5.78 Å². The van der Waals surface area contributed by atoms with Crippen molar-refractivity contribution in [3.05, 3.63) is 0 Å². The lowest BCUT2D eigenvalue weighted by Crippen LogP contribution is -2.52. The van der Waals surface area contributed by atoms with Gasteiger partial charge >= 0.3 is 0 Å². The molecule has 0 amide bonds. The highest BCUT2D eigenvalue weighted by molar-refractivity contribution is 14.1. The number of ketones is 1.